The second-order valence-electron chi connectivity index (χ2n) is 8.04. The summed E-state index contributed by atoms with van der Waals surface area (Å²) in [6.45, 7) is 7.09. The van der Waals surface area contributed by atoms with Crippen LogP contribution in [0.3, 0.4) is 0 Å². The quantitative estimate of drug-likeness (QED) is 0.729. The van der Waals surface area contributed by atoms with Gasteiger partial charge >= 0.3 is 5.97 Å². The van der Waals surface area contributed by atoms with E-state index in [1.165, 1.54) is 0 Å². The Balaban J connectivity index is 1.57. The molecule has 0 aromatic heterocycles. The summed E-state index contributed by atoms with van der Waals surface area (Å²) in [5, 5.41) is 0. The second-order valence-corrected chi connectivity index (χ2v) is 8.04. The summed E-state index contributed by atoms with van der Waals surface area (Å²) >= 11 is 0. The molecular weight excluding hydrogens is 356 g/mol. The van der Waals surface area contributed by atoms with E-state index in [9.17, 15) is 14.4 Å². The van der Waals surface area contributed by atoms with Gasteiger partial charge < -0.3 is 14.5 Å². The molecule has 1 aromatic carbocycles. The van der Waals surface area contributed by atoms with Gasteiger partial charge in [-0.25, -0.2) is 4.79 Å². The largest absolute Gasteiger partial charge is 0.449 e. The van der Waals surface area contributed by atoms with Crippen molar-refractivity contribution >= 4 is 17.8 Å². The molecule has 0 N–H and O–H groups in total. The number of nitrogens with zero attached hydrogens (tertiary/aromatic N) is 2. The third-order valence-electron chi connectivity index (χ3n) is 5.81. The van der Waals surface area contributed by atoms with Crippen LogP contribution in [-0.2, 0) is 20.9 Å². The summed E-state index contributed by atoms with van der Waals surface area (Å²) in [6, 6.07) is 7.41. The van der Waals surface area contributed by atoms with Crippen LogP contribution in [0.2, 0.25) is 0 Å². The maximum absolute atomic E-state index is 12.8. The van der Waals surface area contributed by atoms with Crippen molar-refractivity contribution in [2.45, 2.75) is 77.6 Å². The van der Waals surface area contributed by atoms with Crippen LogP contribution in [0.4, 0.5) is 0 Å². The minimum absolute atomic E-state index is 0.128. The summed E-state index contributed by atoms with van der Waals surface area (Å²) < 4.78 is 5.44. The Bertz CT molecular complexity index is 721. The van der Waals surface area contributed by atoms with Crippen LogP contribution < -0.4 is 0 Å². The molecule has 0 spiro atoms. The zero-order valence-corrected chi connectivity index (χ0v) is 17.0. The molecule has 2 aliphatic heterocycles. The summed E-state index contributed by atoms with van der Waals surface area (Å²) in [6.07, 6.45) is 3.80. The smallest absolute Gasteiger partial charge is 0.338 e. The van der Waals surface area contributed by atoms with Gasteiger partial charge in [-0.1, -0.05) is 12.1 Å². The lowest BCUT2D eigenvalue weighted by Gasteiger charge is -2.40. The Morgan fingerprint density at radius 3 is 2.32 bits per heavy atom. The van der Waals surface area contributed by atoms with Gasteiger partial charge in [-0.3, -0.25) is 9.59 Å². The zero-order valence-electron chi connectivity index (χ0n) is 17.0. The fraction of sp³-hybridized carbons (Fsp3) is 0.591. The minimum atomic E-state index is -0.808. The first-order valence-electron chi connectivity index (χ1n) is 10.3. The predicted molar refractivity (Wildman–Crippen MR) is 106 cm³/mol. The normalized spacial score (nSPS) is 23.6. The molecule has 0 saturated carbocycles. The highest BCUT2D eigenvalue weighted by molar-refractivity contribution is 5.92. The van der Waals surface area contributed by atoms with Crippen LogP contribution in [0.1, 0.15) is 68.8 Å². The van der Waals surface area contributed by atoms with E-state index in [1.54, 1.807) is 19.1 Å². The Morgan fingerprint density at radius 2 is 1.75 bits per heavy atom. The Kier molecular flexibility index (Phi) is 6.37. The highest BCUT2D eigenvalue weighted by Crippen LogP contribution is 2.24. The molecule has 0 aliphatic carbocycles. The number of rotatable bonds is 5. The van der Waals surface area contributed by atoms with Crippen LogP contribution in [0.15, 0.2) is 24.3 Å². The number of piperidine rings is 1. The van der Waals surface area contributed by atoms with Crippen molar-refractivity contribution in [1.29, 1.82) is 0 Å². The van der Waals surface area contributed by atoms with Gasteiger partial charge in [0, 0.05) is 31.6 Å². The number of likely N-dealkylation sites (tertiary alicyclic amines) is 2. The fourth-order valence-corrected chi connectivity index (χ4v) is 4.18. The first-order chi connectivity index (χ1) is 13.4. The summed E-state index contributed by atoms with van der Waals surface area (Å²) in [4.78, 5) is 40.6. The van der Waals surface area contributed by atoms with Crippen LogP contribution in [0.25, 0.3) is 0 Å². The molecule has 1 aromatic rings. The number of hydrogen-bond acceptors (Lipinski definition) is 4. The monoisotopic (exact) mass is 386 g/mol. The SMILES string of the molecule is C[C@@H]1CCC[C@H](C)N1C(=O)[C@@H](C)OC(=O)c1ccc(CN2CCCC2=O)cc1. The molecule has 0 unspecified atom stereocenters. The van der Waals surface area contributed by atoms with Crippen molar-refractivity contribution in [2.75, 3.05) is 6.54 Å². The van der Waals surface area contributed by atoms with E-state index >= 15 is 0 Å². The van der Waals surface area contributed by atoms with Crippen LogP contribution in [0, 0.1) is 0 Å². The Labute approximate surface area is 166 Å². The van der Waals surface area contributed by atoms with Gasteiger partial charge in [-0.15, -0.1) is 0 Å². The molecule has 0 radical (unpaired) electrons. The number of hydrogen-bond donors (Lipinski definition) is 0. The number of benzene rings is 1. The van der Waals surface area contributed by atoms with E-state index in [0.717, 1.165) is 37.8 Å². The lowest BCUT2D eigenvalue weighted by atomic mass is 9.97. The number of ether oxygens (including phenoxy) is 1. The molecule has 2 fully saturated rings. The number of carbonyl (C=O) groups is 3. The first-order valence-corrected chi connectivity index (χ1v) is 10.3. The van der Waals surface area contributed by atoms with E-state index in [4.69, 9.17) is 4.74 Å². The second kappa shape index (κ2) is 8.76. The Morgan fingerprint density at radius 1 is 1.11 bits per heavy atom. The van der Waals surface area contributed by atoms with E-state index in [1.807, 2.05) is 35.8 Å². The average Bonchev–Trinajstić information content (AvgIpc) is 3.06. The highest BCUT2D eigenvalue weighted by atomic mass is 16.5. The topological polar surface area (TPSA) is 66.9 Å². The van der Waals surface area contributed by atoms with Crippen molar-refractivity contribution < 1.29 is 19.1 Å². The van der Waals surface area contributed by atoms with Crippen LogP contribution in [-0.4, -0.2) is 52.3 Å². The number of carbonyl (C=O) groups excluding carboxylic acids is 3. The number of amides is 2. The molecule has 0 bridgehead atoms. The maximum atomic E-state index is 12.8. The van der Waals surface area contributed by atoms with Crippen molar-refractivity contribution in [2.24, 2.45) is 0 Å². The Hall–Kier alpha value is -2.37. The van der Waals surface area contributed by atoms with Gasteiger partial charge in [0.05, 0.1) is 5.56 Å². The van der Waals surface area contributed by atoms with E-state index in [2.05, 4.69) is 0 Å². The van der Waals surface area contributed by atoms with Gasteiger partial charge in [-0.2, -0.15) is 0 Å². The molecule has 2 amide bonds. The van der Waals surface area contributed by atoms with Crippen molar-refractivity contribution in [3.63, 3.8) is 0 Å². The maximum Gasteiger partial charge on any atom is 0.338 e. The molecular formula is C22H30N2O4. The molecule has 3 atom stereocenters. The van der Waals surface area contributed by atoms with Gasteiger partial charge in [-0.05, 0) is 64.2 Å². The van der Waals surface area contributed by atoms with Gasteiger partial charge in [0.25, 0.3) is 5.91 Å². The molecule has 2 saturated heterocycles. The average molecular weight is 386 g/mol. The van der Waals surface area contributed by atoms with Crippen LogP contribution in [0.5, 0.6) is 0 Å². The van der Waals surface area contributed by atoms with E-state index < -0.39 is 12.1 Å². The van der Waals surface area contributed by atoms with Gasteiger partial charge in [0.15, 0.2) is 6.10 Å². The molecule has 2 heterocycles. The minimum Gasteiger partial charge on any atom is -0.449 e. The van der Waals surface area contributed by atoms with E-state index in [-0.39, 0.29) is 23.9 Å². The fourth-order valence-electron chi connectivity index (χ4n) is 4.18. The lowest BCUT2D eigenvalue weighted by Crippen LogP contribution is -2.51. The first kappa shape index (κ1) is 20.4. The molecule has 6 heteroatoms. The molecule has 2 aliphatic rings. The molecule has 3 rings (SSSR count). The lowest BCUT2D eigenvalue weighted by molar-refractivity contribution is -0.146. The predicted octanol–water partition coefficient (Wildman–Crippen LogP) is 3.14. The summed E-state index contributed by atoms with van der Waals surface area (Å²) in [5.41, 5.74) is 1.39. The molecule has 152 valence electrons. The third kappa shape index (κ3) is 4.54. The number of esters is 1. The molecule has 28 heavy (non-hydrogen) atoms. The van der Waals surface area contributed by atoms with Crippen molar-refractivity contribution in [1.82, 2.24) is 9.80 Å². The van der Waals surface area contributed by atoms with Crippen LogP contribution >= 0.6 is 0 Å². The van der Waals surface area contributed by atoms with Crippen molar-refractivity contribution in [3.05, 3.63) is 35.4 Å². The van der Waals surface area contributed by atoms with Gasteiger partial charge in [0.2, 0.25) is 5.91 Å². The van der Waals surface area contributed by atoms with Gasteiger partial charge in [0.1, 0.15) is 0 Å². The summed E-state index contributed by atoms with van der Waals surface area (Å²) in [7, 11) is 0. The highest BCUT2D eigenvalue weighted by Gasteiger charge is 2.33. The standard InChI is InChI=1S/C22H30N2O4/c1-15-6-4-7-16(2)24(15)21(26)17(3)28-22(27)19-11-9-18(10-12-19)14-23-13-5-8-20(23)25/h9-12,15-17H,4-8,13-14H2,1-3H3/t15-,16+,17-/m1/s1. The third-order valence-corrected chi connectivity index (χ3v) is 5.81. The van der Waals surface area contributed by atoms with Crippen molar-refractivity contribution in [3.8, 4) is 0 Å². The molecule has 6 nitrogen and oxygen atoms in total. The van der Waals surface area contributed by atoms with E-state index in [0.29, 0.717) is 18.5 Å². The summed E-state index contributed by atoms with van der Waals surface area (Å²) in [5.74, 6) is -0.448. The zero-order chi connectivity index (χ0) is 20.3.